The Morgan fingerprint density at radius 2 is 2.08 bits per heavy atom. The first-order valence-electron chi connectivity index (χ1n) is 7.89. The first-order chi connectivity index (χ1) is 11.9. The number of nitro groups is 1. The Kier molecular flexibility index (Phi) is 5.87. The van der Waals surface area contributed by atoms with E-state index < -0.39 is 16.2 Å². The van der Waals surface area contributed by atoms with Gasteiger partial charge in [0.1, 0.15) is 0 Å². The molecule has 0 fully saturated rings. The number of hydrogen-bond donors (Lipinski definition) is 0. The third-order valence-electron chi connectivity index (χ3n) is 4.11. The quantitative estimate of drug-likeness (QED) is 0.315. The molecule has 0 unspecified atom stereocenters. The number of nitrogens with zero attached hydrogens (tertiary/aromatic N) is 3. The maximum absolute atomic E-state index is 12.6. The van der Waals surface area contributed by atoms with E-state index in [2.05, 4.69) is 0 Å². The lowest BCUT2D eigenvalue weighted by Gasteiger charge is -2.09. The third-order valence-corrected chi connectivity index (χ3v) is 4.11. The summed E-state index contributed by atoms with van der Waals surface area (Å²) in [6.45, 7) is 4.89. The zero-order valence-corrected chi connectivity index (χ0v) is 14.5. The number of aromatic nitrogens is 2. The number of carbonyl (C=O) groups excluding carboxylic acids is 1. The number of carbonyl (C=O) groups is 1. The van der Waals surface area contributed by atoms with Gasteiger partial charge in [0.05, 0.1) is 11.5 Å². The summed E-state index contributed by atoms with van der Waals surface area (Å²) < 4.78 is 8.14. The van der Waals surface area contributed by atoms with Crippen molar-refractivity contribution in [1.29, 1.82) is 0 Å². The Hall–Kier alpha value is -2.74. The molecule has 0 aliphatic rings. The second kappa shape index (κ2) is 7.89. The van der Waals surface area contributed by atoms with E-state index in [9.17, 15) is 19.7 Å². The van der Waals surface area contributed by atoms with Crippen molar-refractivity contribution in [3.8, 4) is 0 Å². The minimum Gasteiger partial charge on any atom is -0.385 e. The molecule has 25 heavy (non-hydrogen) atoms. The van der Waals surface area contributed by atoms with Gasteiger partial charge in [0, 0.05) is 49.5 Å². The number of ketones is 1. The van der Waals surface area contributed by atoms with E-state index in [1.165, 1.54) is 12.3 Å². The summed E-state index contributed by atoms with van der Waals surface area (Å²) in [7, 11) is 1.64. The molecular formula is C17H21N3O5. The Balaban J connectivity index is 2.25. The van der Waals surface area contributed by atoms with E-state index in [0.29, 0.717) is 12.2 Å². The summed E-state index contributed by atoms with van der Waals surface area (Å²) in [6.07, 6.45) is 2.20. The van der Waals surface area contributed by atoms with Crippen LogP contribution < -0.4 is 5.56 Å². The minimum absolute atomic E-state index is 0.233. The lowest BCUT2D eigenvalue weighted by molar-refractivity contribution is -0.386. The SMILES string of the molecule is COCCCn1c(C)cc(C(=O)Cn2cccc([N+](=O)[O-])c2=O)c1C. The summed E-state index contributed by atoms with van der Waals surface area (Å²) in [6, 6.07) is 4.30. The van der Waals surface area contributed by atoms with Gasteiger partial charge >= 0.3 is 11.2 Å². The van der Waals surface area contributed by atoms with Crippen LogP contribution in [0.2, 0.25) is 0 Å². The van der Waals surface area contributed by atoms with Gasteiger partial charge in [0.15, 0.2) is 5.78 Å². The summed E-state index contributed by atoms with van der Waals surface area (Å²) in [5.74, 6) is -0.256. The molecule has 0 saturated carbocycles. The molecule has 0 spiro atoms. The van der Waals surface area contributed by atoms with Crippen molar-refractivity contribution in [2.45, 2.75) is 33.4 Å². The highest BCUT2D eigenvalue weighted by molar-refractivity contribution is 5.97. The van der Waals surface area contributed by atoms with Crippen LogP contribution in [0.4, 0.5) is 5.69 Å². The van der Waals surface area contributed by atoms with Gasteiger partial charge in [0.2, 0.25) is 0 Å². The van der Waals surface area contributed by atoms with E-state index in [1.807, 2.05) is 18.4 Å². The summed E-state index contributed by atoms with van der Waals surface area (Å²) in [4.78, 5) is 34.8. The predicted octanol–water partition coefficient (Wildman–Crippen LogP) is 2.09. The largest absolute Gasteiger partial charge is 0.385 e. The second-order valence-corrected chi connectivity index (χ2v) is 5.79. The minimum atomic E-state index is -0.783. The number of pyridine rings is 1. The van der Waals surface area contributed by atoms with E-state index in [1.54, 1.807) is 13.2 Å². The molecular weight excluding hydrogens is 326 g/mol. The van der Waals surface area contributed by atoms with Crippen molar-refractivity contribution >= 4 is 11.5 Å². The molecule has 2 aromatic rings. The van der Waals surface area contributed by atoms with Gasteiger partial charge in [-0.25, -0.2) is 0 Å². The van der Waals surface area contributed by atoms with Crippen LogP contribution in [0.25, 0.3) is 0 Å². The molecule has 0 radical (unpaired) electrons. The van der Waals surface area contributed by atoms with Crippen LogP contribution in [-0.2, 0) is 17.8 Å². The Morgan fingerprint density at radius 3 is 2.72 bits per heavy atom. The summed E-state index contributed by atoms with van der Waals surface area (Å²) in [5.41, 5.74) is 0.962. The molecule has 0 aliphatic carbocycles. The van der Waals surface area contributed by atoms with Crippen molar-refractivity contribution in [3.63, 3.8) is 0 Å². The summed E-state index contributed by atoms with van der Waals surface area (Å²) >= 11 is 0. The molecule has 134 valence electrons. The van der Waals surface area contributed by atoms with Crippen LogP contribution in [0.5, 0.6) is 0 Å². The van der Waals surface area contributed by atoms with Crippen molar-refractivity contribution in [2.24, 2.45) is 0 Å². The van der Waals surface area contributed by atoms with Crippen LogP contribution in [0.15, 0.2) is 29.2 Å². The molecule has 8 heteroatoms. The smallest absolute Gasteiger partial charge is 0.334 e. The van der Waals surface area contributed by atoms with Gasteiger partial charge in [-0.2, -0.15) is 0 Å². The zero-order chi connectivity index (χ0) is 18.6. The van der Waals surface area contributed by atoms with E-state index in [4.69, 9.17) is 4.74 Å². The predicted molar refractivity (Wildman–Crippen MR) is 92.1 cm³/mol. The fraction of sp³-hybridized carbons (Fsp3) is 0.412. The molecule has 0 bridgehead atoms. The number of hydrogen-bond acceptors (Lipinski definition) is 5. The highest BCUT2D eigenvalue weighted by Crippen LogP contribution is 2.17. The van der Waals surface area contributed by atoms with Crippen LogP contribution in [0, 0.1) is 24.0 Å². The first-order valence-corrected chi connectivity index (χ1v) is 7.89. The molecule has 0 aliphatic heterocycles. The highest BCUT2D eigenvalue weighted by atomic mass is 16.6. The molecule has 0 saturated heterocycles. The lowest BCUT2D eigenvalue weighted by Crippen LogP contribution is -2.25. The molecule has 2 rings (SSSR count). The fourth-order valence-corrected chi connectivity index (χ4v) is 2.82. The Bertz CT molecular complexity index is 850. The average Bonchev–Trinajstić information content (AvgIpc) is 2.84. The molecule has 2 aromatic heterocycles. The van der Waals surface area contributed by atoms with Crippen LogP contribution in [-0.4, -0.2) is 33.6 Å². The number of ether oxygens (including phenoxy) is 1. The standard InChI is InChI=1S/C17H21N3O5/c1-12-10-14(13(2)19(12)8-5-9-25-3)16(21)11-18-7-4-6-15(17(18)22)20(23)24/h4,6-7,10H,5,8-9,11H2,1-3H3. The monoisotopic (exact) mass is 347 g/mol. The maximum atomic E-state index is 12.6. The van der Waals surface area contributed by atoms with Crippen LogP contribution in [0.3, 0.4) is 0 Å². The van der Waals surface area contributed by atoms with E-state index in [0.717, 1.165) is 35.0 Å². The molecule has 0 amide bonds. The van der Waals surface area contributed by atoms with Gasteiger partial charge < -0.3 is 13.9 Å². The van der Waals surface area contributed by atoms with Gasteiger partial charge in [-0.15, -0.1) is 0 Å². The topological polar surface area (TPSA) is 96.4 Å². The average molecular weight is 347 g/mol. The summed E-state index contributed by atoms with van der Waals surface area (Å²) in [5, 5.41) is 10.9. The zero-order valence-electron chi connectivity index (χ0n) is 14.5. The normalized spacial score (nSPS) is 10.8. The lowest BCUT2D eigenvalue weighted by atomic mass is 10.1. The number of aryl methyl sites for hydroxylation is 1. The van der Waals surface area contributed by atoms with Crippen molar-refractivity contribution < 1.29 is 14.5 Å². The van der Waals surface area contributed by atoms with Crippen molar-refractivity contribution in [2.75, 3.05) is 13.7 Å². The van der Waals surface area contributed by atoms with Gasteiger partial charge in [-0.3, -0.25) is 19.7 Å². The van der Waals surface area contributed by atoms with Gasteiger partial charge in [-0.05, 0) is 32.4 Å². The Labute approximate surface area is 144 Å². The number of rotatable bonds is 8. The van der Waals surface area contributed by atoms with E-state index >= 15 is 0 Å². The molecule has 0 aromatic carbocycles. The number of methoxy groups -OCH3 is 1. The third kappa shape index (κ3) is 4.03. The maximum Gasteiger partial charge on any atom is 0.334 e. The number of Topliss-reactive ketones (excluding diaryl/α,β-unsaturated/α-hetero) is 1. The second-order valence-electron chi connectivity index (χ2n) is 5.79. The highest BCUT2D eigenvalue weighted by Gasteiger charge is 2.19. The van der Waals surface area contributed by atoms with Crippen molar-refractivity contribution in [1.82, 2.24) is 9.13 Å². The van der Waals surface area contributed by atoms with E-state index in [-0.39, 0.29) is 12.3 Å². The Morgan fingerprint density at radius 1 is 1.36 bits per heavy atom. The molecule has 2 heterocycles. The molecule has 8 nitrogen and oxygen atoms in total. The van der Waals surface area contributed by atoms with Crippen LogP contribution >= 0.6 is 0 Å². The van der Waals surface area contributed by atoms with Gasteiger partial charge in [0.25, 0.3) is 0 Å². The van der Waals surface area contributed by atoms with Gasteiger partial charge in [-0.1, -0.05) is 0 Å². The van der Waals surface area contributed by atoms with Crippen molar-refractivity contribution in [3.05, 3.63) is 61.8 Å². The molecule has 0 N–H and O–H groups in total. The fourth-order valence-electron chi connectivity index (χ4n) is 2.82. The first kappa shape index (κ1) is 18.6. The van der Waals surface area contributed by atoms with Crippen LogP contribution in [0.1, 0.15) is 28.2 Å². The molecule has 0 atom stereocenters.